The summed E-state index contributed by atoms with van der Waals surface area (Å²) >= 11 is 5.82. The topological polar surface area (TPSA) is 80.7 Å². The van der Waals surface area contributed by atoms with Crippen molar-refractivity contribution in [3.8, 4) is 5.75 Å². The van der Waals surface area contributed by atoms with Crippen LogP contribution in [-0.2, 0) is 9.59 Å². The largest absolute Gasteiger partial charge is 0.478 e. The lowest BCUT2D eigenvalue weighted by Gasteiger charge is -2.05. The van der Waals surface area contributed by atoms with E-state index in [4.69, 9.17) is 21.4 Å². The molecule has 0 unspecified atom stereocenters. The summed E-state index contributed by atoms with van der Waals surface area (Å²) in [5, 5.41) is 8.84. The van der Waals surface area contributed by atoms with Gasteiger partial charge >= 0.3 is 11.9 Å². The van der Waals surface area contributed by atoms with Crippen molar-refractivity contribution in [2.45, 2.75) is 25.7 Å². The van der Waals surface area contributed by atoms with Gasteiger partial charge in [-0.25, -0.2) is 4.79 Å². The van der Waals surface area contributed by atoms with Gasteiger partial charge in [-0.1, -0.05) is 18.2 Å². The van der Waals surface area contributed by atoms with Gasteiger partial charge in [0.25, 0.3) is 0 Å². The summed E-state index contributed by atoms with van der Waals surface area (Å²) in [7, 11) is 0. The molecule has 0 saturated carbocycles. The number of carbonyl (C=O) groups is 3. The number of esters is 1. The minimum absolute atomic E-state index is 0.125. The lowest BCUT2D eigenvalue weighted by molar-refractivity contribution is -0.134. The van der Waals surface area contributed by atoms with E-state index in [9.17, 15) is 14.4 Å². The first-order valence-corrected chi connectivity index (χ1v) is 6.68. The number of carboxylic acid groups (broad SMARTS) is 1. The highest BCUT2D eigenvalue weighted by Gasteiger charge is 2.08. The van der Waals surface area contributed by atoms with Gasteiger partial charge in [0.1, 0.15) is 5.75 Å². The molecule has 0 aliphatic carbocycles. The average Bonchev–Trinajstić information content (AvgIpc) is 2.43. The Balaban J connectivity index is 2.37. The van der Waals surface area contributed by atoms with Crippen molar-refractivity contribution in [3.63, 3.8) is 0 Å². The van der Waals surface area contributed by atoms with Gasteiger partial charge in [-0.05, 0) is 31.4 Å². The number of rotatable bonds is 8. The summed E-state index contributed by atoms with van der Waals surface area (Å²) < 4.78 is 5.07. The first-order valence-electron chi connectivity index (χ1n) is 6.30. The highest BCUT2D eigenvalue weighted by Crippen LogP contribution is 2.22. The van der Waals surface area contributed by atoms with Crippen molar-refractivity contribution in [2.75, 3.05) is 0 Å². The molecular weight excluding hydrogens is 296 g/mol. The van der Waals surface area contributed by atoms with E-state index in [0.717, 1.165) is 0 Å². The fourth-order valence-corrected chi connectivity index (χ4v) is 1.78. The number of aldehydes is 1. The van der Waals surface area contributed by atoms with Gasteiger partial charge in [0.15, 0.2) is 6.29 Å². The van der Waals surface area contributed by atoms with Crippen LogP contribution in [0.5, 0.6) is 5.75 Å². The smallest absolute Gasteiger partial charge is 0.330 e. The molecule has 5 nitrogen and oxygen atoms in total. The van der Waals surface area contributed by atoms with Crippen LogP contribution in [0.15, 0.2) is 30.4 Å². The van der Waals surface area contributed by atoms with Crippen molar-refractivity contribution in [1.82, 2.24) is 0 Å². The molecule has 0 heterocycles. The summed E-state index contributed by atoms with van der Waals surface area (Å²) in [4.78, 5) is 32.7. The number of ether oxygens (including phenoxy) is 1. The number of hydrogen-bond donors (Lipinski definition) is 1. The molecule has 6 heteroatoms. The van der Waals surface area contributed by atoms with E-state index < -0.39 is 11.9 Å². The van der Waals surface area contributed by atoms with Crippen LogP contribution in [0.2, 0.25) is 5.02 Å². The Bertz CT molecular complexity index is 565. The first kappa shape index (κ1) is 16.9. The predicted octanol–water partition coefficient (Wildman–Crippen LogP) is 3.26. The minimum Gasteiger partial charge on any atom is -0.478 e. The number of unbranched alkanes of at least 4 members (excludes halogenated alkanes) is 1. The highest BCUT2D eigenvalue weighted by molar-refractivity contribution is 6.33. The molecule has 0 saturated heterocycles. The van der Waals surface area contributed by atoms with Gasteiger partial charge in [-0.3, -0.25) is 9.59 Å². The SMILES string of the molecule is C=C(CCCCC(=O)Oc1ccc(C=O)c(Cl)c1)C(=O)O. The van der Waals surface area contributed by atoms with E-state index in [0.29, 0.717) is 31.1 Å². The molecule has 0 aliphatic heterocycles. The fraction of sp³-hybridized carbons (Fsp3) is 0.267. The van der Waals surface area contributed by atoms with Crippen LogP contribution in [0.1, 0.15) is 36.0 Å². The molecule has 0 spiro atoms. The van der Waals surface area contributed by atoms with Crippen LogP contribution in [0.4, 0.5) is 0 Å². The van der Waals surface area contributed by atoms with E-state index >= 15 is 0 Å². The van der Waals surface area contributed by atoms with Crippen LogP contribution < -0.4 is 4.74 Å². The number of carbonyl (C=O) groups excluding carboxylic acids is 2. The summed E-state index contributed by atoms with van der Waals surface area (Å²) in [5.74, 6) is -1.20. The second-order valence-corrected chi connectivity index (χ2v) is 4.80. The predicted molar refractivity (Wildman–Crippen MR) is 77.7 cm³/mol. The lowest BCUT2D eigenvalue weighted by Crippen LogP contribution is -2.08. The van der Waals surface area contributed by atoms with Gasteiger partial charge in [0.2, 0.25) is 0 Å². The van der Waals surface area contributed by atoms with Crippen molar-refractivity contribution in [3.05, 3.63) is 40.9 Å². The zero-order valence-electron chi connectivity index (χ0n) is 11.3. The normalized spacial score (nSPS) is 9.95. The second kappa shape index (κ2) is 8.21. The van der Waals surface area contributed by atoms with Crippen LogP contribution in [0.3, 0.4) is 0 Å². The molecule has 0 aliphatic rings. The summed E-state index contributed by atoms with van der Waals surface area (Å²) in [5.41, 5.74) is 0.447. The number of halogens is 1. The molecule has 1 N–H and O–H groups in total. The molecule has 1 aromatic carbocycles. The molecule has 21 heavy (non-hydrogen) atoms. The maximum atomic E-state index is 11.6. The molecule has 0 fully saturated rings. The van der Waals surface area contributed by atoms with Gasteiger partial charge in [0.05, 0.1) is 5.02 Å². The Hall–Kier alpha value is -2.14. The van der Waals surface area contributed by atoms with E-state index in [1.807, 2.05) is 0 Å². The van der Waals surface area contributed by atoms with Crippen LogP contribution in [0, 0.1) is 0 Å². The number of aliphatic carboxylic acids is 1. The quantitative estimate of drug-likeness (QED) is 0.262. The third-order valence-corrected chi connectivity index (χ3v) is 3.07. The fourth-order valence-electron chi connectivity index (χ4n) is 1.56. The molecule has 112 valence electrons. The van der Waals surface area contributed by atoms with Crippen molar-refractivity contribution < 1.29 is 24.2 Å². The summed E-state index contributed by atoms with van der Waals surface area (Å²) in [6, 6.07) is 4.35. The van der Waals surface area contributed by atoms with Crippen molar-refractivity contribution in [2.24, 2.45) is 0 Å². The molecule has 0 atom stereocenters. The maximum absolute atomic E-state index is 11.6. The van der Waals surface area contributed by atoms with Crippen LogP contribution in [-0.4, -0.2) is 23.3 Å². The zero-order chi connectivity index (χ0) is 15.8. The molecule has 0 aromatic heterocycles. The summed E-state index contributed by atoms with van der Waals surface area (Å²) in [6.45, 7) is 3.41. The maximum Gasteiger partial charge on any atom is 0.330 e. The van der Waals surface area contributed by atoms with E-state index in [1.54, 1.807) is 0 Å². The lowest BCUT2D eigenvalue weighted by atomic mass is 10.1. The van der Waals surface area contributed by atoms with Gasteiger partial charge in [-0.15, -0.1) is 0 Å². The monoisotopic (exact) mass is 310 g/mol. The minimum atomic E-state index is -1.03. The van der Waals surface area contributed by atoms with E-state index in [2.05, 4.69) is 6.58 Å². The molecular formula is C15H15ClO5. The van der Waals surface area contributed by atoms with Crippen LogP contribution in [0.25, 0.3) is 0 Å². The molecule has 0 bridgehead atoms. The Morgan fingerprint density at radius 2 is 1.95 bits per heavy atom. The standard InChI is InChI=1S/C15H15ClO5/c1-10(15(19)20)4-2-3-5-14(18)21-12-7-6-11(9-17)13(16)8-12/h6-9H,1-5H2,(H,19,20). The van der Waals surface area contributed by atoms with Crippen molar-refractivity contribution in [1.29, 1.82) is 0 Å². The molecule has 1 aromatic rings. The Morgan fingerprint density at radius 3 is 2.52 bits per heavy atom. The number of hydrogen-bond acceptors (Lipinski definition) is 4. The van der Waals surface area contributed by atoms with E-state index in [1.165, 1.54) is 18.2 Å². The first-order chi connectivity index (χ1) is 9.93. The third-order valence-electron chi connectivity index (χ3n) is 2.74. The Kier molecular flexibility index (Phi) is 6.62. The highest BCUT2D eigenvalue weighted by atomic mass is 35.5. The zero-order valence-corrected chi connectivity index (χ0v) is 12.1. The molecule has 0 radical (unpaired) electrons. The van der Waals surface area contributed by atoms with Crippen molar-refractivity contribution >= 4 is 29.8 Å². The Labute approximate surface area is 127 Å². The Morgan fingerprint density at radius 1 is 1.29 bits per heavy atom. The molecule has 1 rings (SSSR count). The van der Waals surface area contributed by atoms with Gasteiger partial charge in [0, 0.05) is 23.6 Å². The van der Waals surface area contributed by atoms with Crippen LogP contribution >= 0.6 is 11.6 Å². The van der Waals surface area contributed by atoms with Gasteiger partial charge < -0.3 is 9.84 Å². The second-order valence-electron chi connectivity index (χ2n) is 4.39. The number of carboxylic acids is 1. The van der Waals surface area contributed by atoms with Gasteiger partial charge in [-0.2, -0.15) is 0 Å². The average molecular weight is 311 g/mol. The third kappa shape index (κ3) is 5.79. The van der Waals surface area contributed by atoms with E-state index in [-0.39, 0.29) is 22.8 Å². The summed E-state index contributed by atoms with van der Waals surface area (Å²) in [6.07, 6.45) is 2.17. The number of benzene rings is 1. The molecule has 0 amide bonds.